The molecule has 0 saturated heterocycles. The van der Waals surface area contributed by atoms with Crippen LogP contribution in [0.15, 0.2) is 48.5 Å². The number of phenolic OH excluding ortho intramolecular Hbond substituents is 2. The zero-order valence-corrected chi connectivity index (χ0v) is 11.3. The van der Waals surface area contributed by atoms with E-state index < -0.39 is 0 Å². The van der Waals surface area contributed by atoms with E-state index in [9.17, 15) is 15.0 Å². The number of nitrogens with zero attached hydrogens (tertiary/aromatic N) is 1. The molecule has 0 radical (unpaired) electrons. The molecule has 2 N–H and O–H groups in total. The third-order valence-electron chi connectivity index (χ3n) is 3.04. The zero-order valence-electron chi connectivity index (χ0n) is 11.3. The summed E-state index contributed by atoms with van der Waals surface area (Å²) in [4.78, 5) is 13.4. The Morgan fingerprint density at radius 1 is 0.950 bits per heavy atom. The Kier molecular flexibility index (Phi) is 4.25. The molecular weight excluding hydrogens is 254 g/mol. The van der Waals surface area contributed by atoms with Crippen LogP contribution in [0.1, 0.15) is 18.1 Å². The van der Waals surface area contributed by atoms with Gasteiger partial charge >= 0.3 is 0 Å². The van der Waals surface area contributed by atoms with Crippen LogP contribution in [0.4, 0.5) is 0 Å². The molecule has 20 heavy (non-hydrogen) atoms. The van der Waals surface area contributed by atoms with E-state index in [1.807, 2.05) is 6.07 Å². The van der Waals surface area contributed by atoms with Crippen molar-refractivity contribution in [3.05, 3.63) is 59.7 Å². The molecule has 4 heteroatoms. The van der Waals surface area contributed by atoms with E-state index in [-0.39, 0.29) is 17.4 Å². The van der Waals surface area contributed by atoms with Crippen LogP contribution < -0.4 is 0 Å². The van der Waals surface area contributed by atoms with Gasteiger partial charge in [0.05, 0.1) is 0 Å². The number of carbonyl (C=O) groups is 1. The molecular formula is C16H17NO3. The molecule has 0 aromatic heterocycles. The highest BCUT2D eigenvalue weighted by atomic mass is 16.3. The predicted octanol–water partition coefficient (Wildman–Crippen LogP) is 2.65. The fraction of sp³-hybridized carbons (Fsp3) is 0.188. The first-order chi connectivity index (χ1) is 9.54. The van der Waals surface area contributed by atoms with E-state index in [1.54, 1.807) is 47.4 Å². The first kappa shape index (κ1) is 13.9. The Labute approximate surface area is 117 Å². The molecule has 0 fully saturated rings. The molecule has 0 bridgehead atoms. The molecule has 2 rings (SSSR count). The molecule has 0 spiro atoms. The maximum Gasteiger partial charge on any atom is 0.220 e. The summed E-state index contributed by atoms with van der Waals surface area (Å²) in [6, 6.07) is 13.6. The third-order valence-corrected chi connectivity index (χ3v) is 3.04. The Balaban J connectivity index is 2.11. The molecule has 0 unspecified atom stereocenters. The van der Waals surface area contributed by atoms with E-state index >= 15 is 0 Å². The van der Waals surface area contributed by atoms with Crippen LogP contribution in [0.25, 0.3) is 0 Å². The lowest BCUT2D eigenvalue weighted by Gasteiger charge is -2.21. The molecule has 4 nitrogen and oxygen atoms in total. The van der Waals surface area contributed by atoms with Gasteiger partial charge in [-0.25, -0.2) is 0 Å². The van der Waals surface area contributed by atoms with Crippen LogP contribution in [0.2, 0.25) is 0 Å². The molecule has 2 aromatic carbocycles. The van der Waals surface area contributed by atoms with Gasteiger partial charge in [-0.1, -0.05) is 24.3 Å². The number of aromatic hydroxyl groups is 2. The van der Waals surface area contributed by atoms with Gasteiger partial charge in [0.15, 0.2) is 0 Å². The number of hydrogen-bond donors (Lipinski definition) is 2. The molecule has 0 saturated carbocycles. The summed E-state index contributed by atoms with van der Waals surface area (Å²) in [6.07, 6.45) is 0. The molecule has 0 heterocycles. The second-order valence-electron chi connectivity index (χ2n) is 4.71. The number of rotatable bonds is 4. The molecule has 0 aliphatic carbocycles. The Morgan fingerprint density at radius 3 is 2.20 bits per heavy atom. The van der Waals surface area contributed by atoms with Crippen LogP contribution in [0, 0.1) is 0 Å². The topological polar surface area (TPSA) is 60.8 Å². The maximum absolute atomic E-state index is 11.7. The summed E-state index contributed by atoms with van der Waals surface area (Å²) < 4.78 is 0. The smallest absolute Gasteiger partial charge is 0.220 e. The third kappa shape index (κ3) is 3.75. The van der Waals surface area contributed by atoms with Crippen molar-refractivity contribution < 1.29 is 15.0 Å². The summed E-state index contributed by atoms with van der Waals surface area (Å²) in [5.41, 5.74) is 1.82. The van der Waals surface area contributed by atoms with Gasteiger partial charge in [-0.15, -0.1) is 0 Å². The van der Waals surface area contributed by atoms with Crippen LogP contribution >= 0.6 is 0 Å². The highest BCUT2D eigenvalue weighted by Gasteiger charge is 2.10. The molecule has 1 amide bonds. The van der Waals surface area contributed by atoms with E-state index in [0.717, 1.165) is 11.1 Å². The predicted molar refractivity (Wildman–Crippen MR) is 76.1 cm³/mol. The summed E-state index contributed by atoms with van der Waals surface area (Å²) in [7, 11) is 0. The minimum absolute atomic E-state index is 0.0404. The molecule has 0 aliphatic heterocycles. The van der Waals surface area contributed by atoms with Gasteiger partial charge < -0.3 is 15.1 Å². The van der Waals surface area contributed by atoms with Gasteiger partial charge in [0.2, 0.25) is 5.91 Å². The van der Waals surface area contributed by atoms with Gasteiger partial charge in [0.1, 0.15) is 11.5 Å². The summed E-state index contributed by atoms with van der Waals surface area (Å²) in [5, 5.41) is 18.7. The van der Waals surface area contributed by atoms with Gasteiger partial charge in [-0.05, 0) is 35.4 Å². The maximum atomic E-state index is 11.7. The van der Waals surface area contributed by atoms with Gasteiger partial charge in [0.25, 0.3) is 0 Å². The highest BCUT2D eigenvalue weighted by Crippen LogP contribution is 2.16. The Bertz CT molecular complexity index is 593. The van der Waals surface area contributed by atoms with E-state index in [1.165, 1.54) is 6.92 Å². The van der Waals surface area contributed by atoms with Crippen molar-refractivity contribution in [3.8, 4) is 11.5 Å². The normalized spacial score (nSPS) is 10.2. The molecule has 2 aromatic rings. The largest absolute Gasteiger partial charge is 0.508 e. The minimum atomic E-state index is -0.0404. The number of phenols is 2. The Morgan fingerprint density at radius 2 is 1.60 bits per heavy atom. The van der Waals surface area contributed by atoms with Crippen molar-refractivity contribution >= 4 is 5.91 Å². The second kappa shape index (κ2) is 6.10. The quantitative estimate of drug-likeness (QED) is 0.898. The first-order valence-corrected chi connectivity index (χ1v) is 6.36. The molecule has 0 aliphatic rings. The Hall–Kier alpha value is -2.49. The van der Waals surface area contributed by atoms with E-state index in [0.29, 0.717) is 13.1 Å². The van der Waals surface area contributed by atoms with Gasteiger partial charge in [-0.3, -0.25) is 4.79 Å². The van der Waals surface area contributed by atoms with Crippen LogP contribution in [0.5, 0.6) is 11.5 Å². The second-order valence-corrected chi connectivity index (χ2v) is 4.71. The average Bonchev–Trinajstić information content (AvgIpc) is 2.40. The monoisotopic (exact) mass is 271 g/mol. The zero-order chi connectivity index (χ0) is 14.5. The summed E-state index contributed by atoms with van der Waals surface area (Å²) in [5.74, 6) is 0.355. The standard InChI is InChI=1S/C16H17NO3/c1-12(18)17(10-13-5-7-15(19)8-6-13)11-14-3-2-4-16(20)9-14/h2-9,19-20H,10-11H2,1H3. The fourth-order valence-corrected chi connectivity index (χ4v) is 1.98. The van der Waals surface area contributed by atoms with Crippen molar-refractivity contribution in [1.82, 2.24) is 4.90 Å². The van der Waals surface area contributed by atoms with Crippen LogP contribution in [-0.4, -0.2) is 21.0 Å². The fourth-order valence-electron chi connectivity index (χ4n) is 1.98. The highest BCUT2D eigenvalue weighted by molar-refractivity contribution is 5.73. The van der Waals surface area contributed by atoms with E-state index in [2.05, 4.69) is 0 Å². The SMILES string of the molecule is CC(=O)N(Cc1ccc(O)cc1)Cc1cccc(O)c1. The summed E-state index contributed by atoms with van der Waals surface area (Å²) >= 11 is 0. The van der Waals surface area contributed by atoms with Crippen molar-refractivity contribution in [1.29, 1.82) is 0 Å². The number of hydrogen-bond acceptors (Lipinski definition) is 3. The van der Waals surface area contributed by atoms with E-state index in [4.69, 9.17) is 0 Å². The number of amides is 1. The number of carbonyl (C=O) groups excluding carboxylic acids is 1. The van der Waals surface area contributed by atoms with Crippen molar-refractivity contribution in [2.75, 3.05) is 0 Å². The summed E-state index contributed by atoms with van der Waals surface area (Å²) in [6.45, 7) is 2.42. The first-order valence-electron chi connectivity index (χ1n) is 6.36. The lowest BCUT2D eigenvalue weighted by atomic mass is 10.1. The minimum Gasteiger partial charge on any atom is -0.508 e. The van der Waals surface area contributed by atoms with Crippen molar-refractivity contribution in [2.45, 2.75) is 20.0 Å². The number of benzene rings is 2. The lowest BCUT2D eigenvalue weighted by molar-refractivity contribution is -0.130. The van der Waals surface area contributed by atoms with Crippen molar-refractivity contribution in [2.24, 2.45) is 0 Å². The molecule has 0 atom stereocenters. The van der Waals surface area contributed by atoms with Crippen LogP contribution in [0.3, 0.4) is 0 Å². The van der Waals surface area contributed by atoms with Crippen LogP contribution in [-0.2, 0) is 17.9 Å². The van der Waals surface area contributed by atoms with Crippen molar-refractivity contribution in [3.63, 3.8) is 0 Å². The van der Waals surface area contributed by atoms with Gasteiger partial charge in [-0.2, -0.15) is 0 Å². The lowest BCUT2D eigenvalue weighted by Crippen LogP contribution is -2.27. The van der Waals surface area contributed by atoms with Gasteiger partial charge in [0, 0.05) is 20.0 Å². The molecule has 104 valence electrons. The average molecular weight is 271 g/mol.